The highest BCUT2D eigenvalue weighted by Gasteiger charge is 1.89. The van der Waals surface area contributed by atoms with Crippen LogP contribution in [0.1, 0.15) is 0 Å². The number of thiol groups is 2. The molecule has 0 spiro atoms. The maximum Gasteiger partial charge on any atom is -0.0183 e. The maximum absolute atomic E-state index is 2.36. The Balaban J connectivity index is 2.93. The van der Waals surface area contributed by atoms with Gasteiger partial charge in [0, 0.05) is 0 Å². The van der Waals surface area contributed by atoms with E-state index in [4.69, 9.17) is 0 Å². The maximum atomic E-state index is 2.36. The third-order valence-corrected chi connectivity index (χ3v) is 3.58. The van der Waals surface area contributed by atoms with Gasteiger partial charge in [-0.1, -0.05) is 0 Å². The van der Waals surface area contributed by atoms with Crippen molar-refractivity contribution in [2.24, 2.45) is 0 Å². The molecule has 0 heterocycles. The first-order chi connectivity index (χ1) is 3.63. The van der Waals surface area contributed by atoms with E-state index in [-0.39, 0.29) is 0 Å². The minimum Gasteiger partial charge on any atom is -0.258 e. The molecule has 0 aromatic rings. The van der Waals surface area contributed by atoms with Crippen molar-refractivity contribution in [2.75, 3.05) is 36.5 Å². The van der Waals surface area contributed by atoms with Crippen LogP contribution in [0.2, 0.25) is 0 Å². The fourth-order valence-corrected chi connectivity index (χ4v) is 3.60. The summed E-state index contributed by atoms with van der Waals surface area (Å²) in [6, 6.07) is 0. The van der Waals surface area contributed by atoms with Crippen LogP contribution in [-0.2, 0) is 0 Å². The van der Waals surface area contributed by atoms with Gasteiger partial charge in [-0.3, -0.25) is 21.8 Å². The molecule has 0 atom stereocenters. The van der Waals surface area contributed by atoms with Crippen LogP contribution in [-0.4, -0.2) is 36.5 Å². The lowest BCUT2D eigenvalue weighted by atomic mass is 11.0. The molecule has 0 saturated carbocycles. The molecule has 0 radical (unpaired) electrons. The molecule has 0 unspecified atom stereocenters. The fourth-order valence-electron chi connectivity index (χ4n) is 0.400. The summed E-state index contributed by atoms with van der Waals surface area (Å²) in [4.78, 5) is 0. The second-order valence-corrected chi connectivity index (χ2v) is 7.82. The molecular weight excluding hydrogens is 136 g/mol. The molecule has 0 aromatic carbocycles. The van der Waals surface area contributed by atoms with Crippen molar-refractivity contribution in [3.63, 3.8) is 0 Å². The van der Waals surface area contributed by atoms with E-state index in [0.29, 0.717) is 21.8 Å². The van der Waals surface area contributed by atoms with E-state index in [0.717, 1.165) is 0 Å². The monoisotopic (exact) mass is 154 g/mol. The van der Waals surface area contributed by atoms with Gasteiger partial charge in [0.05, 0.1) is 0 Å². The lowest BCUT2D eigenvalue weighted by Crippen LogP contribution is -1.92. The lowest BCUT2D eigenvalue weighted by Gasteiger charge is -2.12. The molecule has 0 nitrogen and oxygen atoms in total. The summed E-state index contributed by atoms with van der Waals surface area (Å²) < 4.78 is 0. The second-order valence-electron chi connectivity index (χ2n) is 2.61. The Hall–Kier alpha value is 0.700. The van der Waals surface area contributed by atoms with Crippen LogP contribution in [0.25, 0.3) is 0 Å². The van der Waals surface area contributed by atoms with Gasteiger partial charge in [-0.05, 0) is 36.5 Å². The van der Waals surface area contributed by atoms with Gasteiger partial charge in [0.15, 0.2) is 0 Å². The predicted molar refractivity (Wildman–Crippen MR) is 51.4 cm³/mol. The van der Waals surface area contributed by atoms with Crippen molar-refractivity contribution in [3.8, 4) is 0 Å². The summed E-state index contributed by atoms with van der Waals surface area (Å²) in [5.41, 5.74) is 0. The summed E-state index contributed by atoms with van der Waals surface area (Å²) in [5, 5.41) is 0. The highest BCUT2D eigenvalue weighted by atomic mass is 32.2. The van der Waals surface area contributed by atoms with Crippen LogP contribution in [0.5, 0.6) is 0 Å². The van der Waals surface area contributed by atoms with Gasteiger partial charge in [0.2, 0.25) is 0 Å². The summed E-state index contributed by atoms with van der Waals surface area (Å²) >= 11 is 0. The van der Waals surface area contributed by atoms with Crippen molar-refractivity contribution in [2.45, 2.75) is 0 Å². The first-order valence-corrected chi connectivity index (χ1v) is 7.76. The highest BCUT2D eigenvalue weighted by molar-refractivity contribution is 8.19. The van der Waals surface area contributed by atoms with Crippen LogP contribution >= 0.6 is 21.8 Å². The molecule has 0 rings (SSSR count). The summed E-state index contributed by atoms with van der Waals surface area (Å²) in [6.45, 7) is 0. The van der Waals surface area contributed by atoms with Crippen molar-refractivity contribution in [1.82, 2.24) is 0 Å². The first-order valence-electron chi connectivity index (χ1n) is 2.92. The topological polar surface area (TPSA) is 0 Å². The van der Waals surface area contributed by atoms with Crippen molar-refractivity contribution in [1.29, 1.82) is 0 Å². The van der Waals surface area contributed by atoms with Gasteiger partial charge in [-0.15, -0.1) is 0 Å². The Labute approximate surface area is 58.7 Å². The molecule has 0 bridgehead atoms. The van der Waals surface area contributed by atoms with Crippen LogP contribution in [0.15, 0.2) is 0 Å². The van der Waals surface area contributed by atoms with Gasteiger partial charge in [-0.25, -0.2) is 0 Å². The molecule has 0 N–H and O–H groups in total. The highest BCUT2D eigenvalue weighted by Crippen LogP contribution is 2.20. The van der Waals surface area contributed by atoms with Crippen molar-refractivity contribution in [3.05, 3.63) is 0 Å². The van der Waals surface area contributed by atoms with E-state index < -0.39 is 0 Å². The minimum atomic E-state index is 0.383. The quantitative estimate of drug-likeness (QED) is 0.566. The van der Waals surface area contributed by atoms with Gasteiger partial charge in [0.25, 0.3) is 0 Å². The minimum absolute atomic E-state index is 0.383. The molecule has 0 aliphatic heterocycles. The van der Waals surface area contributed by atoms with E-state index in [1.165, 1.54) is 11.5 Å². The fraction of sp³-hybridized carbons (Fsp3) is 1.00. The Morgan fingerprint density at radius 3 is 1.12 bits per heavy atom. The van der Waals surface area contributed by atoms with Gasteiger partial charge >= 0.3 is 0 Å². The average Bonchev–Trinajstić information content (AvgIpc) is 1.61. The van der Waals surface area contributed by atoms with Crippen LogP contribution in [0.3, 0.4) is 0 Å². The molecule has 2 heteroatoms. The smallest absolute Gasteiger partial charge is 0.0183 e. The Bertz CT molecular complexity index is 42.5. The van der Waals surface area contributed by atoms with E-state index in [1.54, 1.807) is 0 Å². The zero-order chi connectivity index (χ0) is 6.57. The Morgan fingerprint density at radius 1 is 0.750 bits per heavy atom. The zero-order valence-corrected chi connectivity index (χ0v) is 8.10. The summed E-state index contributed by atoms with van der Waals surface area (Å²) in [6.07, 6.45) is 9.42. The number of hydrogen-bond donors (Lipinski definition) is 2. The van der Waals surface area contributed by atoms with E-state index in [9.17, 15) is 0 Å². The van der Waals surface area contributed by atoms with Gasteiger partial charge in [-0.2, -0.15) is 0 Å². The number of hydrogen-bond acceptors (Lipinski definition) is 0. The first kappa shape index (κ1) is 8.70. The summed E-state index contributed by atoms with van der Waals surface area (Å²) in [7, 11) is 0.766. The SMILES string of the molecule is C[SH](C)CC[SH](C)C. The number of rotatable bonds is 3. The molecule has 8 heavy (non-hydrogen) atoms. The van der Waals surface area contributed by atoms with E-state index in [2.05, 4.69) is 25.0 Å². The van der Waals surface area contributed by atoms with Crippen molar-refractivity contribution >= 4 is 21.8 Å². The Morgan fingerprint density at radius 2 is 1.00 bits per heavy atom. The largest absolute Gasteiger partial charge is 0.258 e. The van der Waals surface area contributed by atoms with Crippen molar-refractivity contribution < 1.29 is 0 Å². The third kappa shape index (κ3) is 6.70. The molecule has 0 saturated heterocycles. The van der Waals surface area contributed by atoms with Gasteiger partial charge < -0.3 is 0 Å². The van der Waals surface area contributed by atoms with Gasteiger partial charge in [0.1, 0.15) is 0 Å². The zero-order valence-electron chi connectivity index (χ0n) is 6.31. The predicted octanol–water partition coefficient (Wildman–Crippen LogP) is 1.51. The molecule has 0 aliphatic carbocycles. The molecule has 54 valence electrons. The molecule has 0 amide bonds. The molecule has 0 aromatic heterocycles. The average molecular weight is 154 g/mol. The van der Waals surface area contributed by atoms with Crippen LogP contribution in [0.4, 0.5) is 0 Å². The Kier molecular flexibility index (Phi) is 4.97. The second kappa shape index (κ2) is 4.57. The molecular formula is C6H18S2. The normalized spacial score (nSPS) is 13.5. The van der Waals surface area contributed by atoms with E-state index in [1.807, 2.05) is 0 Å². The molecule has 0 aliphatic rings. The third-order valence-electron chi connectivity index (χ3n) is 0.994. The van der Waals surface area contributed by atoms with Crippen LogP contribution < -0.4 is 0 Å². The molecule has 0 fully saturated rings. The lowest BCUT2D eigenvalue weighted by molar-refractivity contribution is 1.53. The summed E-state index contributed by atoms with van der Waals surface area (Å²) in [5.74, 6) is 2.96. The standard InChI is InChI=1S/C6H18S2/c1-7(2)5-6-8(3)4/h7-8H,5-6H2,1-4H3. The van der Waals surface area contributed by atoms with Crippen LogP contribution in [0, 0.1) is 0 Å². The van der Waals surface area contributed by atoms with E-state index >= 15 is 0 Å².